The topological polar surface area (TPSA) is 46.3 Å². The van der Waals surface area contributed by atoms with E-state index in [9.17, 15) is 4.79 Å². The molecule has 1 aromatic rings. The normalized spacial score (nSPS) is 34.9. The van der Waals surface area contributed by atoms with Crippen LogP contribution >= 0.6 is 0 Å². The molecule has 1 saturated heterocycles. The summed E-state index contributed by atoms with van der Waals surface area (Å²) in [5, 5.41) is 0. The highest BCUT2D eigenvalue weighted by Crippen LogP contribution is 2.55. The van der Waals surface area contributed by atoms with Gasteiger partial charge >= 0.3 is 0 Å². The van der Waals surface area contributed by atoms with Crippen molar-refractivity contribution in [2.45, 2.75) is 50.0 Å². The van der Waals surface area contributed by atoms with E-state index in [-0.39, 0.29) is 5.91 Å². The number of piperidine rings is 1. The van der Waals surface area contributed by atoms with Gasteiger partial charge in [-0.2, -0.15) is 0 Å². The second-order valence-corrected chi connectivity index (χ2v) is 7.25. The number of benzene rings is 1. The van der Waals surface area contributed by atoms with Crippen molar-refractivity contribution in [3.05, 3.63) is 34.9 Å². The van der Waals surface area contributed by atoms with E-state index in [1.807, 2.05) is 6.07 Å². The maximum Gasteiger partial charge on any atom is 0.248 e. The minimum Gasteiger partial charge on any atom is -0.366 e. The Balaban J connectivity index is 1.89. The fourth-order valence-electron chi connectivity index (χ4n) is 5.35. The number of primary amides is 1. The molecule has 2 fully saturated rings. The summed E-state index contributed by atoms with van der Waals surface area (Å²) in [6, 6.07) is 6.88. The summed E-state index contributed by atoms with van der Waals surface area (Å²) in [5.41, 5.74) is 9.42. The average molecular weight is 284 g/mol. The maximum atomic E-state index is 11.6. The smallest absolute Gasteiger partial charge is 0.248 e. The predicted molar refractivity (Wildman–Crippen MR) is 83.3 cm³/mol. The van der Waals surface area contributed by atoms with Crippen molar-refractivity contribution in [2.24, 2.45) is 11.7 Å². The summed E-state index contributed by atoms with van der Waals surface area (Å²) < 4.78 is 0. The Labute approximate surface area is 126 Å². The van der Waals surface area contributed by atoms with Crippen LogP contribution in [-0.2, 0) is 11.8 Å². The molecule has 4 rings (SSSR count). The van der Waals surface area contributed by atoms with Gasteiger partial charge in [0.25, 0.3) is 0 Å². The van der Waals surface area contributed by atoms with Gasteiger partial charge in [-0.15, -0.1) is 0 Å². The van der Waals surface area contributed by atoms with Gasteiger partial charge in [-0.1, -0.05) is 18.9 Å². The first kappa shape index (κ1) is 13.3. The molecule has 1 unspecified atom stereocenters. The van der Waals surface area contributed by atoms with Crippen molar-refractivity contribution in [3.63, 3.8) is 0 Å². The van der Waals surface area contributed by atoms with Crippen molar-refractivity contribution in [3.8, 4) is 0 Å². The highest BCUT2D eigenvalue weighted by Gasteiger charge is 2.53. The van der Waals surface area contributed by atoms with Gasteiger partial charge in [-0.05, 0) is 68.5 Å². The zero-order valence-corrected chi connectivity index (χ0v) is 12.8. The maximum absolute atomic E-state index is 11.6. The van der Waals surface area contributed by atoms with E-state index >= 15 is 0 Å². The molecule has 0 radical (unpaired) electrons. The van der Waals surface area contributed by atoms with Crippen LogP contribution in [0.1, 0.15) is 53.6 Å². The van der Waals surface area contributed by atoms with Crippen molar-refractivity contribution in [1.29, 1.82) is 0 Å². The lowest BCUT2D eigenvalue weighted by Crippen LogP contribution is -2.59. The highest BCUT2D eigenvalue weighted by molar-refractivity contribution is 5.93. The van der Waals surface area contributed by atoms with Gasteiger partial charge in [0.15, 0.2) is 0 Å². The Bertz CT molecular complexity index is 597. The molecule has 2 bridgehead atoms. The molecule has 21 heavy (non-hydrogen) atoms. The van der Waals surface area contributed by atoms with Crippen LogP contribution in [0.4, 0.5) is 0 Å². The second-order valence-electron chi connectivity index (χ2n) is 7.25. The molecular weight excluding hydrogens is 260 g/mol. The third kappa shape index (κ3) is 1.80. The fraction of sp³-hybridized carbons (Fsp3) is 0.611. The van der Waals surface area contributed by atoms with Crippen LogP contribution in [0.5, 0.6) is 0 Å². The highest BCUT2D eigenvalue weighted by atomic mass is 16.1. The molecule has 1 amide bonds. The number of likely N-dealkylation sites (N-methyl/N-ethyl adjacent to an activating group) is 1. The number of likely N-dealkylation sites (tertiary alicyclic amines) is 1. The largest absolute Gasteiger partial charge is 0.366 e. The van der Waals surface area contributed by atoms with Crippen LogP contribution in [0, 0.1) is 5.92 Å². The fourth-order valence-corrected chi connectivity index (χ4v) is 5.35. The molecule has 3 heteroatoms. The average Bonchev–Trinajstić information content (AvgIpc) is 2.50. The van der Waals surface area contributed by atoms with Gasteiger partial charge < -0.3 is 10.6 Å². The lowest BCUT2D eigenvalue weighted by molar-refractivity contribution is 0.00283. The monoisotopic (exact) mass is 284 g/mol. The van der Waals surface area contributed by atoms with Crippen molar-refractivity contribution in [1.82, 2.24) is 4.90 Å². The molecule has 2 N–H and O–H groups in total. The summed E-state index contributed by atoms with van der Waals surface area (Å²) in [6.45, 7) is 1.18. The van der Waals surface area contributed by atoms with Gasteiger partial charge in [0, 0.05) is 17.0 Å². The lowest BCUT2D eigenvalue weighted by atomic mass is 9.52. The standard InChI is InChI=1S/C18H24N2O/c1-20-9-8-18-7-3-2-4-14(18)16(20)11-12-5-6-13(17(19)21)10-15(12)18/h5-6,10,14,16H,2-4,7-9,11H2,1H3,(H2,19,21)/t14-,16?,18+/m0/s1. The Hall–Kier alpha value is -1.35. The van der Waals surface area contributed by atoms with Crippen LogP contribution in [0.25, 0.3) is 0 Å². The molecule has 0 spiro atoms. The van der Waals surface area contributed by atoms with Crippen molar-refractivity contribution < 1.29 is 4.79 Å². The van der Waals surface area contributed by atoms with Gasteiger partial charge in [-0.3, -0.25) is 4.79 Å². The van der Waals surface area contributed by atoms with E-state index in [4.69, 9.17) is 5.73 Å². The van der Waals surface area contributed by atoms with Crippen LogP contribution in [-0.4, -0.2) is 30.4 Å². The first-order valence-electron chi connectivity index (χ1n) is 8.25. The number of hydrogen-bond acceptors (Lipinski definition) is 2. The Morgan fingerprint density at radius 3 is 3.00 bits per heavy atom. The molecule has 1 saturated carbocycles. The van der Waals surface area contributed by atoms with Gasteiger partial charge in [0.2, 0.25) is 5.91 Å². The lowest BCUT2D eigenvalue weighted by Gasteiger charge is -2.58. The minimum atomic E-state index is -0.295. The number of rotatable bonds is 1. The molecule has 3 nitrogen and oxygen atoms in total. The number of nitrogens with zero attached hydrogens (tertiary/aromatic N) is 1. The Morgan fingerprint density at radius 1 is 1.33 bits per heavy atom. The molecule has 112 valence electrons. The summed E-state index contributed by atoms with van der Waals surface area (Å²) in [5.74, 6) is 0.470. The van der Waals surface area contributed by atoms with E-state index in [1.54, 1.807) is 0 Å². The van der Waals surface area contributed by atoms with Gasteiger partial charge in [-0.25, -0.2) is 0 Å². The van der Waals surface area contributed by atoms with E-state index in [0.29, 0.717) is 17.0 Å². The van der Waals surface area contributed by atoms with Gasteiger partial charge in [0.1, 0.15) is 0 Å². The third-order valence-corrected chi connectivity index (χ3v) is 6.40. The summed E-state index contributed by atoms with van der Waals surface area (Å²) >= 11 is 0. The summed E-state index contributed by atoms with van der Waals surface area (Å²) in [6.07, 6.45) is 7.69. The van der Waals surface area contributed by atoms with Crippen LogP contribution in [0.2, 0.25) is 0 Å². The summed E-state index contributed by atoms with van der Waals surface area (Å²) in [7, 11) is 2.28. The number of amides is 1. The van der Waals surface area contributed by atoms with Crippen LogP contribution in [0.3, 0.4) is 0 Å². The Kier molecular flexibility index (Phi) is 2.90. The molecule has 3 aliphatic rings. The summed E-state index contributed by atoms with van der Waals surface area (Å²) in [4.78, 5) is 14.2. The second kappa shape index (κ2) is 4.57. The molecule has 1 aliphatic heterocycles. The minimum absolute atomic E-state index is 0.295. The quantitative estimate of drug-likeness (QED) is 0.861. The molecule has 3 atom stereocenters. The van der Waals surface area contributed by atoms with Crippen LogP contribution < -0.4 is 5.73 Å². The van der Waals surface area contributed by atoms with E-state index in [0.717, 1.165) is 12.3 Å². The molecular formula is C18H24N2O. The zero-order chi connectivity index (χ0) is 14.6. The Morgan fingerprint density at radius 2 is 2.19 bits per heavy atom. The molecule has 1 aromatic carbocycles. The molecule has 1 heterocycles. The van der Waals surface area contributed by atoms with E-state index in [2.05, 4.69) is 24.1 Å². The van der Waals surface area contributed by atoms with E-state index < -0.39 is 0 Å². The molecule has 0 aromatic heterocycles. The third-order valence-electron chi connectivity index (χ3n) is 6.40. The van der Waals surface area contributed by atoms with Crippen molar-refractivity contribution >= 4 is 5.91 Å². The first-order chi connectivity index (χ1) is 10.1. The zero-order valence-electron chi connectivity index (χ0n) is 12.8. The number of nitrogens with two attached hydrogens (primary N) is 1. The van der Waals surface area contributed by atoms with Gasteiger partial charge in [0.05, 0.1) is 0 Å². The predicted octanol–water partition coefficient (Wildman–Crippen LogP) is 2.47. The SMILES string of the molecule is CN1CC[C@]23CCCC[C@H]2C1Cc1ccc(C(N)=O)cc13. The first-order valence-corrected chi connectivity index (χ1v) is 8.25. The molecule has 2 aliphatic carbocycles. The van der Waals surface area contributed by atoms with Crippen LogP contribution in [0.15, 0.2) is 18.2 Å². The number of fused-ring (bicyclic) bond motifs is 1. The number of hydrogen-bond donors (Lipinski definition) is 1. The van der Waals surface area contributed by atoms with Crippen molar-refractivity contribution in [2.75, 3.05) is 13.6 Å². The number of carbonyl (C=O) groups excluding carboxylic acids is 1. The van der Waals surface area contributed by atoms with E-state index in [1.165, 1.54) is 49.8 Å². The number of carbonyl (C=O) groups is 1.